The Balaban J connectivity index is 2.58. The Hall–Kier alpha value is -1.63. The van der Waals surface area contributed by atoms with Crippen LogP contribution in [-0.4, -0.2) is 47.3 Å². The van der Waals surface area contributed by atoms with Crippen molar-refractivity contribution in [2.75, 3.05) is 26.4 Å². The first-order chi connectivity index (χ1) is 7.34. The Morgan fingerprint density at radius 1 is 1.50 bits per heavy atom. The van der Waals surface area contributed by atoms with Crippen LogP contribution >= 0.6 is 0 Å². The van der Waals surface area contributed by atoms with Gasteiger partial charge in [-0.25, -0.2) is 4.63 Å². The number of anilines is 1. The van der Waals surface area contributed by atoms with Gasteiger partial charge in [0.2, 0.25) is 11.5 Å². The lowest BCUT2D eigenvalue weighted by atomic mass is 10.0. The van der Waals surface area contributed by atoms with Crippen LogP contribution in [0.1, 0.15) is 24.3 Å². The Bertz CT molecular complexity index is 372. The van der Waals surface area contributed by atoms with Crippen molar-refractivity contribution >= 4 is 11.7 Å². The van der Waals surface area contributed by atoms with E-state index in [1.165, 1.54) is 0 Å². The summed E-state index contributed by atoms with van der Waals surface area (Å²) >= 11 is 0. The molecule has 0 spiro atoms. The van der Waals surface area contributed by atoms with Crippen LogP contribution in [0.3, 0.4) is 0 Å². The van der Waals surface area contributed by atoms with Gasteiger partial charge in [-0.2, -0.15) is 0 Å². The second-order valence-electron chi connectivity index (χ2n) is 4.39. The highest BCUT2D eigenvalue weighted by atomic mass is 16.6. The highest BCUT2D eigenvalue weighted by Gasteiger charge is 2.23. The van der Waals surface area contributed by atoms with Crippen LogP contribution in [0, 0.1) is 0 Å². The monoisotopic (exact) mass is 227 g/mol. The van der Waals surface area contributed by atoms with Crippen LogP contribution in [0.4, 0.5) is 5.82 Å². The van der Waals surface area contributed by atoms with Gasteiger partial charge in [0.25, 0.3) is 5.91 Å². The van der Waals surface area contributed by atoms with Crippen molar-refractivity contribution in [2.45, 2.75) is 19.4 Å². The second kappa shape index (κ2) is 4.48. The number of likely N-dealkylation sites (N-methyl/N-ethyl adjacent to an activating group) is 1. The van der Waals surface area contributed by atoms with Gasteiger partial charge >= 0.3 is 0 Å². The molecule has 3 N–H and O–H groups in total. The molecule has 1 heterocycles. The number of hydrogen-bond acceptors (Lipinski definition) is 6. The normalized spacial score (nSPS) is 11.8. The third-order valence-electron chi connectivity index (χ3n) is 2.62. The third kappa shape index (κ3) is 2.69. The van der Waals surface area contributed by atoms with E-state index in [1.54, 1.807) is 0 Å². The van der Waals surface area contributed by atoms with Gasteiger partial charge in [0.15, 0.2) is 0 Å². The first kappa shape index (κ1) is 12.4. The standard InChI is InChI=1S/C9H17N5O2/c1-9(2,14(3)4)5-11-8(15)6-7(10)13-16-12-6/h5H2,1-4H3,(H2,10,13)(H,11,15). The molecule has 0 unspecified atom stereocenters. The average molecular weight is 227 g/mol. The predicted octanol–water partition coefficient (Wildman–Crippen LogP) is -0.278. The molecule has 7 nitrogen and oxygen atoms in total. The van der Waals surface area contributed by atoms with Gasteiger partial charge in [0.05, 0.1) is 0 Å². The molecule has 0 fully saturated rings. The van der Waals surface area contributed by atoms with Gasteiger partial charge in [-0.05, 0) is 38.3 Å². The van der Waals surface area contributed by atoms with Gasteiger partial charge in [-0.15, -0.1) is 0 Å². The number of nitrogen functional groups attached to an aromatic ring is 1. The first-order valence-corrected chi connectivity index (χ1v) is 4.88. The van der Waals surface area contributed by atoms with Crippen LogP contribution in [0.15, 0.2) is 4.63 Å². The summed E-state index contributed by atoms with van der Waals surface area (Å²) in [5, 5.41) is 9.49. The minimum Gasteiger partial charge on any atom is -0.379 e. The van der Waals surface area contributed by atoms with Crippen molar-refractivity contribution in [1.29, 1.82) is 0 Å². The van der Waals surface area contributed by atoms with E-state index in [1.807, 2.05) is 32.8 Å². The molecule has 0 aromatic carbocycles. The summed E-state index contributed by atoms with van der Waals surface area (Å²) in [6.07, 6.45) is 0. The molecular weight excluding hydrogens is 210 g/mol. The predicted molar refractivity (Wildman–Crippen MR) is 58.8 cm³/mol. The molecule has 16 heavy (non-hydrogen) atoms. The fourth-order valence-electron chi connectivity index (χ4n) is 0.891. The van der Waals surface area contributed by atoms with E-state index in [9.17, 15) is 4.79 Å². The molecule has 0 bridgehead atoms. The maximum Gasteiger partial charge on any atom is 0.277 e. The number of carbonyl (C=O) groups is 1. The summed E-state index contributed by atoms with van der Waals surface area (Å²) in [6, 6.07) is 0. The molecule has 0 aliphatic rings. The minimum absolute atomic E-state index is 0.000147. The first-order valence-electron chi connectivity index (χ1n) is 4.88. The maximum atomic E-state index is 11.6. The van der Waals surface area contributed by atoms with Crippen molar-refractivity contribution in [2.24, 2.45) is 0 Å². The summed E-state index contributed by atoms with van der Waals surface area (Å²) in [4.78, 5) is 13.6. The second-order valence-corrected chi connectivity index (χ2v) is 4.39. The zero-order chi connectivity index (χ0) is 12.3. The minimum atomic E-state index is -0.381. The lowest BCUT2D eigenvalue weighted by molar-refractivity contribution is 0.0910. The van der Waals surface area contributed by atoms with Crippen molar-refractivity contribution in [3.63, 3.8) is 0 Å². The molecule has 1 amide bonds. The summed E-state index contributed by atoms with van der Waals surface area (Å²) in [6.45, 7) is 4.50. The average Bonchev–Trinajstić information content (AvgIpc) is 2.61. The van der Waals surface area contributed by atoms with E-state index in [2.05, 4.69) is 20.3 Å². The largest absolute Gasteiger partial charge is 0.379 e. The van der Waals surface area contributed by atoms with Crippen molar-refractivity contribution in [3.8, 4) is 0 Å². The maximum absolute atomic E-state index is 11.6. The fourth-order valence-corrected chi connectivity index (χ4v) is 0.891. The van der Waals surface area contributed by atoms with Gasteiger partial charge in [-0.1, -0.05) is 0 Å². The van der Waals surface area contributed by atoms with Crippen LogP contribution in [0.25, 0.3) is 0 Å². The number of nitrogens with two attached hydrogens (primary N) is 1. The quantitative estimate of drug-likeness (QED) is 0.734. The Labute approximate surface area is 93.9 Å². The zero-order valence-electron chi connectivity index (χ0n) is 9.94. The fraction of sp³-hybridized carbons (Fsp3) is 0.667. The summed E-state index contributed by atoms with van der Waals surface area (Å²) in [7, 11) is 3.89. The smallest absolute Gasteiger partial charge is 0.277 e. The Kier molecular flexibility index (Phi) is 3.48. The number of nitrogens with zero attached hydrogens (tertiary/aromatic N) is 3. The van der Waals surface area contributed by atoms with Gasteiger partial charge < -0.3 is 16.0 Å². The highest BCUT2D eigenvalue weighted by molar-refractivity contribution is 5.95. The highest BCUT2D eigenvalue weighted by Crippen LogP contribution is 2.09. The van der Waals surface area contributed by atoms with E-state index >= 15 is 0 Å². The topological polar surface area (TPSA) is 97.3 Å². The van der Waals surface area contributed by atoms with Crippen LogP contribution < -0.4 is 11.1 Å². The summed E-state index contributed by atoms with van der Waals surface area (Å²) in [5.41, 5.74) is 5.27. The molecule has 7 heteroatoms. The van der Waals surface area contributed by atoms with Crippen molar-refractivity contribution < 1.29 is 9.42 Å². The summed E-state index contributed by atoms with van der Waals surface area (Å²) in [5.74, 6) is -0.381. The van der Waals surface area contributed by atoms with Gasteiger partial charge in [0, 0.05) is 12.1 Å². The number of rotatable bonds is 4. The van der Waals surface area contributed by atoms with E-state index in [0.717, 1.165) is 0 Å². The molecule has 0 saturated heterocycles. The van der Waals surface area contributed by atoms with Crippen molar-refractivity contribution in [1.82, 2.24) is 20.5 Å². The third-order valence-corrected chi connectivity index (χ3v) is 2.62. The number of nitrogens with one attached hydrogen (secondary N) is 1. The molecule has 1 aromatic rings. The van der Waals surface area contributed by atoms with Crippen LogP contribution in [0.2, 0.25) is 0 Å². The van der Waals surface area contributed by atoms with Crippen molar-refractivity contribution in [3.05, 3.63) is 5.69 Å². The molecule has 0 atom stereocenters. The van der Waals surface area contributed by atoms with Crippen LogP contribution in [0.5, 0.6) is 0 Å². The molecule has 0 aliphatic carbocycles. The molecular formula is C9H17N5O2. The Morgan fingerprint density at radius 2 is 2.12 bits per heavy atom. The number of hydrogen-bond donors (Lipinski definition) is 2. The lowest BCUT2D eigenvalue weighted by Gasteiger charge is -2.32. The van der Waals surface area contributed by atoms with Gasteiger partial charge in [0.1, 0.15) is 0 Å². The number of aromatic nitrogens is 2. The number of amides is 1. The molecule has 0 aliphatic heterocycles. The lowest BCUT2D eigenvalue weighted by Crippen LogP contribution is -2.48. The molecule has 0 saturated carbocycles. The zero-order valence-corrected chi connectivity index (χ0v) is 9.94. The van der Waals surface area contributed by atoms with Gasteiger partial charge in [-0.3, -0.25) is 4.79 Å². The van der Waals surface area contributed by atoms with E-state index in [-0.39, 0.29) is 23.0 Å². The van der Waals surface area contributed by atoms with E-state index < -0.39 is 0 Å². The molecule has 90 valence electrons. The Morgan fingerprint density at radius 3 is 2.56 bits per heavy atom. The molecule has 0 radical (unpaired) electrons. The molecule has 1 aromatic heterocycles. The summed E-state index contributed by atoms with van der Waals surface area (Å²) < 4.78 is 4.35. The SMILES string of the molecule is CN(C)C(C)(C)CNC(=O)c1nonc1N. The van der Waals surface area contributed by atoms with E-state index in [4.69, 9.17) is 5.73 Å². The van der Waals surface area contributed by atoms with Crippen LogP contribution in [-0.2, 0) is 0 Å². The number of carbonyl (C=O) groups excluding carboxylic acids is 1. The molecule has 1 rings (SSSR count). The van der Waals surface area contributed by atoms with E-state index in [0.29, 0.717) is 6.54 Å².